The molecule has 0 bridgehead atoms. The summed E-state index contributed by atoms with van der Waals surface area (Å²) in [6.07, 6.45) is 5.13. The first-order valence-electron chi connectivity index (χ1n) is 14.0. The molecule has 1 aromatic heterocycles. The molecule has 0 radical (unpaired) electrons. The molecule has 0 aliphatic carbocycles. The summed E-state index contributed by atoms with van der Waals surface area (Å²) in [5.41, 5.74) is 3.85. The number of halogens is 1. The molecule has 12 heteroatoms. The molecule has 6 rings (SSSR count). The van der Waals surface area contributed by atoms with Crippen LogP contribution in [0, 0.1) is 5.82 Å². The summed E-state index contributed by atoms with van der Waals surface area (Å²) in [6.45, 7) is 8.87. The first-order chi connectivity index (χ1) is 19.6. The topological polar surface area (TPSA) is 118 Å². The molecule has 3 aliphatic rings. The molecule has 2 amide bonds. The fourth-order valence-electron chi connectivity index (χ4n) is 5.90. The Labute approximate surface area is 262 Å². The Morgan fingerprint density at radius 1 is 1.05 bits per heavy atom. The van der Waals surface area contributed by atoms with Gasteiger partial charge in [-0.15, -0.1) is 0 Å². The zero-order valence-electron chi connectivity index (χ0n) is 25.0. The first kappa shape index (κ1) is 32.3. The molecule has 1 saturated heterocycles. The van der Waals surface area contributed by atoms with Gasteiger partial charge in [0.25, 0.3) is 5.91 Å². The van der Waals surface area contributed by atoms with Gasteiger partial charge in [0.15, 0.2) is 0 Å². The van der Waals surface area contributed by atoms with Crippen LogP contribution in [0.4, 0.5) is 14.9 Å². The third-order valence-electron chi connectivity index (χ3n) is 7.99. The van der Waals surface area contributed by atoms with Gasteiger partial charge in [0.05, 0.1) is 12.0 Å². The molecule has 1 atom stereocenters. The summed E-state index contributed by atoms with van der Waals surface area (Å²) in [4.78, 5) is 47.5. The van der Waals surface area contributed by atoms with Crippen LogP contribution in [0.2, 0.25) is 0 Å². The number of aryl methyl sites for hydroxylation is 1. The smallest absolute Gasteiger partial charge is 0.870 e. The fraction of sp³-hybridized carbons (Fsp3) is 0.419. The van der Waals surface area contributed by atoms with Crippen molar-refractivity contribution in [2.24, 2.45) is 0 Å². The maximum absolute atomic E-state index is 15.3. The van der Waals surface area contributed by atoms with Gasteiger partial charge in [-0.1, -0.05) is 12.1 Å². The van der Waals surface area contributed by atoms with Crippen LogP contribution in [-0.4, -0.2) is 74.9 Å². The second-order valence-electron chi connectivity index (χ2n) is 11.8. The first-order valence-corrected chi connectivity index (χ1v) is 14.0. The minimum absolute atomic E-state index is 0. The van der Waals surface area contributed by atoms with Crippen molar-refractivity contribution in [1.29, 1.82) is 0 Å². The molecule has 3 aromatic rings. The number of amides is 2. The average molecular weight is 583 g/mol. The van der Waals surface area contributed by atoms with E-state index in [0.29, 0.717) is 37.4 Å². The summed E-state index contributed by atoms with van der Waals surface area (Å²) < 4.78 is 22.8. The van der Waals surface area contributed by atoms with Crippen molar-refractivity contribution < 1.29 is 47.8 Å². The number of nitrogens with zero attached hydrogens (tertiary/aromatic N) is 5. The third-order valence-corrected chi connectivity index (χ3v) is 7.99. The number of carbonyl (C=O) groups is 2. The van der Waals surface area contributed by atoms with Crippen molar-refractivity contribution >= 4 is 24.0 Å². The molecule has 43 heavy (non-hydrogen) atoms. The van der Waals surface area contributed by atoms with Crippen LogP contribution in [-0.2, 0) is 29.0 Å². The minimum atomic E-state index is -0.970. The standard InChI is InChI=1S/C31H33FN5O4.Li.H2O/c1-31(2,3)41-30(40)35-13-11-34(12-14-35)22-8-6-20(7-9-22)21-15-23-24(25(32)16-21)17-37(29(23)39)27(18-38)28-26-5-4-10-36(26)19-33-28;;/h6-9,15-16,19,27H,4-5,10-14,17H2,1-3H3;;1H2/q-1;+1;/p-1. The summed E-state index contributed by atoms with van der Waals surface area (Å²) in [7, 11) is 0. The Hall–Kier alpha value is -3.65. The van der Waals surface area contributed by atoms with E-state index >= 15 is 4.39 Å². The molecule has 1 fully saturated rings. The molecular weight excluding hydrogens is 548 g/mol. The Morgan fingerprint density at radius 2 is 1.74 bits per heavy atom. The monoisotopic (exact) mass is 582 g/mol. The SMILES string of the molecule is CC(C)(C)OC(=O)N1CCN(c2ccc(-c3cc(F)c4c(c3)C(=O)N(C([C-]=O)c3ncn5c3CCC5)C4)cc2)CC1.[Li+].[OH-]. The van der Waals surface area contributed by atoms with Gasteiger partial charge in [0.2, 0.25) is 0 Å². The van der Waals surface area contributed by atoms with Crippen molar-refractivity contribution in [2.75, 3.05) is 31.1 Å². The number of benzene rings is 2. The van der Waals surface area contributed by atoms with Gasteiger partial charge in [-0.2, -0.15) is 0 Å². The van der Waals surface area contributed by atoms with Crippen LogP contribution in [0.15, 0.2) is 42.7 Å². The normalized spacial score (nSPS) is 16.7. The second kappa shape index (κ2) is 12.5. The molecular formula is C31H34FLiN5O5-. The van der Waals surface area contributed by atoms with E-state index < -0.39 is 23.4 Å². The number of aromatic nitrogens is 2. The Morgan fingerprint density at radius 3 is 2.40 bits per heavy atom. The molecule has 2 aromatic carbocycles. The number of rotatable bonds is 5. The summed E-state index contributed by atoms with van der Waals surface area (Å²) in [6, 6.07) is 9.92. The van der Waals surface area contributed by atoms with Crippen LogP contribution >= 0.6 is 0 Å². The van der Waals surface area contributed by atoms with Crippen LogP contribution < -0.4 is 23.8 Å². The zero-order valence-corrected chi connectivity index (χ0v) is 25.0. The van der Waals surface area contributed by atoms with Crippen LogP contribution in [0.5, 0.6) is 0 Å². The van der Waals surface area contributed by atoms with E-state index in [0.717, 1.165) is 36.3 Å². The molecule has 222 valence electrons. The summed E-state index contributed by atoms with van der Waals surface area (Å²) >= 11 is 0. The molecule has 1 N–H and O–H groups in total. The van der Waals surface area contributed by atoms with Crippen LogP contribution in [0.1, 0.15) is 60.5 Å². The van der Waals surface area contributed by atoms with Crippen molar-refractivity contribution in [3.63, 3.8) is 0 Å². The van der Waals surface area contributed by atoms with Crippen LogP contribution in [0.3, 0.4) is 0 Å². The van der Waals surface area contributed by atoms with E-state index in [1.165, 1.54) is 11.0 Å². The van der Waals surface area contributed by atoms with E-state index in [2.05, 4.69) is 9.88 Å². The zero-order chi connectivity index (χ0) is 28.9. The third kappa shape index (κ3) is 6.21. The van der Waals surface area contributed by atoms with Crippen molar-refractivity contribution in [3.05, 3.63) is 71.1 Å². The Bertz CT molecular complexity index is 1510. The average Bonchev–Trinajstić information content (AvgIpc) is 3.65. The molecule has 3 aliphatic heterocycles. The fourth-order valence-corrected chi connectivity index (χ4v) is 5.90. The predicted octanol–water partition coefficient (Wildman–Crippen LogP) is 1.33. The number of hydrogen-bond acceptors (Lipinski definition) is 7. The Balaban J connectivity index is 0.00000212. The number of imidazole rings is 1. The maximum Gasteiger partial charge on any atom is 1.00 e. The van der Waals surface area contributed by atoms with E-state index in [1.807, 2.05) is 55.9 Å². The van der Waals surface area contributed by atoms with Crippen molar-refractivity contribution in [2.45, 2.75) is 58.3 Å². The van der Waals surface area contributed by atoms with Gasteiger partial charge >= 0.3 is 25.0 Å². The van der Waals surface area contributed by atoms with Gasteiger partial charge < -0.3 is 34.3 Å². The number of hydrogen-bond donors (Lipinski definition) is 0. The number of ether oxygens (including phenoxy) is 1. The van der Waals surface area contributed by atoms with E-state index in [1.54, 1.807) is 17.3 Å². The maximum atomic E-state index is 15.3. The predicted molar refractivity (Wildman–Crippen MR) is 153 cm³/mol. The van der Waals surface area contributed by atoms with E-state index in [4.69, 9.17) is 4.74 Å². The minimum Gasteiger partial charge on any atom is -0.870 e. The largest absolute Gasteiger partial charge is 1.00 e. The molecule has 0 spiro atoms. The van der Waals surface area contributed by atoms with Gasteiger partial charge in [0, 0.05) is 61.8 Å². The number of fused-ring (bicyclic) bond motifs is 2. The van der Waals surface area contributed by atoms with Gasteiger partial charge in [0.1, 0.15) is 11.4 Å². The summed E-state index contributed by atoms with van der Waals surface area (Å²) in [5.74, 6) is -0.872. The number of piperazine rings is 1. The summed E-state index contributed by atoms with van der Waals surface area (Å²) in [5, 5.41) is 0. The van der Waals surface area contributed by atoms with Crippen molar-refractivity contribution in [3.8, 4) is 11.1 Å². The number of carbonyl (C=O) groups excluding carboxylic acids is 3. The van der Waals surface area contributed by atoms with Gasteiger partial charge in [-0.05, 0) is 75.0 Å². The van der Waals surface area contributed by atoms with E-state index in [9.17, 15) is 14.4 Å². The Kier molecular flexibility index (Phi) is 9.40. The van der Waals surface area contributed by atoms with Gasteiger partial charge in [-0.3, -0.25) is 4.79 Å². The molecule has 1 unspecified atom stereocenters. The molecule has 10 nitrogen and oxygen atoms in total. The van der Waals surface area contributed by atoms with E-state index in [-0.39, 0.29) is 48.1 Å². The number of anilines is 1. The molecule has 4 heterocycles. The molecule has 0 saturated carbocycles. The van der Waals surface area contributed by atoms with Gasteiger partial charge in [-0.25, -0.2) is 20.5 Å². The van der Waals surface area contributed by atoms with Crippen molar-refractivity contribution in [1.82, 2.24) is 19.4 Å². The van der Waals surface area contributed by atoms with Crippen LogP contribution in [0.25, 0.3) is 11.1 Å². The quantitative estimate of drug-likeness (QED) is 0.329. The second-order valence-corrected chi connectivity index (χ2v) is 11.8.